The Hall–Kier alpha value is -2.04. The summed E-state index contributed by atoms with van der Waals surface area (Å²) in [4.78, 5) is 18.0. The van der Waals surface area contributed by atoms with Gasteiger partial charge in [0.2, 0.25) is 5.91 Å². The van der Waals surface area contributed by atoms with Crippen LogP contribution < -0.4 is 0 Å². The summed E-state index contributed by atoms with van der Waals surface area (Å²) in [6.45, 7) is 2.49. The van der Waals surface area contributed by atoms with Crippen LogP contribution in [-0.4, -0.2) is 40.4 Å². The number of likely N-dealkylation sites (tertiary alicyclic amines) is 1. The van der Waals surface area contributed by atoms with Crippen molar-refractivity contribution in [3.05, 3.63) is 65.1 Å². The highest BCUT2D eigenvalue weighted by atomic mass is 35.5. The van der Waals surface area contributed by atoms with Crippen LogP contribution in [0.2, 0.25) is 5.02 Å². The average Bonchev–Trinajstić information content (AvgIpc) is 3.40. The van der Waals surface area contributed by atoms with Crippen LogP contribution in [-0.2, 0) is 11.3 Å². The molecule has 3 atom stereocenters. The third-order valence-electron chi connectivity index (χ3n) is 6.46. The fourth-order valence-corrected chi connectivity index (χ4v) is 5.61. The van der Waals surface area contributed by atoms with Crippen LogP contribution >= 0.6 is 11.6 Å². The molecule has 5 rings (SSSR count). The molecule has 1 spiro atoms. The van der Waals surface area contributed by atoms with E-state index >= 15 is 0 Å². The molecule has 0 bridgehead atoms. The van der Waals surface area contributed by atoms with Gasteiger partial charge in [0, 0.05) is 30.1 Å². The van der Waals surface area contributed by atoms with Crippen LogP contribution in [0.15, 0.2) is 53.2 Å². The van der Waals surface area contributed by atoms with Crippen molar-refractivity contribution in [2.24, 2.45) is 5.92 Å². The lowest BCUT2D eigenvalue weighted by Crippen LogP contribution is -2.50. The Kier molecular flexibility index (Phi) is 4.14. The van der Waals surface area contributed by atoms with Gasteiger partial charge in [-0.05, 0) is 61.7 Å². The molecule has 0 radical (unpaired) electrons. The average molecular weight is 383 g/mol. The Morgan fingerprint density at radius 2 is 2.22 bits per heavy atom. The first-order chi connectivity index (χ1) is 13.2. The number of carbonyl (C=O) groups excluding carboxylic acids is 1. The minimum absolute atomic E-state index is 0.295. The monoisotopic (exact) mass is 382 g/mol. The number of halogens is 1. The zero-order chi connectivity index (χ0) is 18.4. The van der Waals surface area contributed by atoms with Crippen molar-refractivity contribution in [2.45, 2.75) is 37.4 Å². The number of carbonyl (C=O) groups is 1. The highest BCUT2D eigenvalue weighted by Crippen LogP contribution is 2.51. The SMILES string of the molecule is O=C1N(Cc2cccc(Cl)c2)C[C@@H]2C[C@@H](C=Cc3ccco3)N3CCC[C@@]123. The van der Waals surface area contributed by atoms with E-state index in [1.165, 1.54) is 0 Å². The molecule has 0 saturated carbocycles. The van der Waals surface area contributed by atoms with Crippen molar-refractivity contribution in [3.63, 3.8) is 0 Å². The lowest BCUT2D eigenvalue weighted by Gasteiger charge is -2.32. The van der Waals surface area contributed by atoms with Crippen LogP contribution in [0, 0.1) is 5.92 Å². The smallest absolute Gasteiger partial charge is 0.243 e. The second kappa shape index (κ2) is 6.54. The van der Waals surface area contributed by atoms with E-state index in [9.17, 15) is 4.79 Å². The van der Waals surface area contributed by atoms with Crippen LogP contribution in [0.3, 0.4) is 0 Å². The van der Waals surface area contributed by atoms with Crippen molar-refractivity contribution in [2.75, 3.05) is 13.1 Å². The third-order valence-corrected chi connectivity index (χ3v) is 6.69. The predicted octanol–water partition coefficient (Wildman–Crippen LogP) is 4.21. The number of nitrogens with zero attached hydrogens (tertiary/aromatic N) is 2. The van der Waals surface area contributed by atoms with Crippen LogP contribution in [0.1, 0.15) is 30.6 Å². The first-order valence-corrected chi connectivity index (χ1v) is 10.1. The zero-order valence-electron chi connectivity index (χ0n) is 15.2. The fourth-order valence-electron chi connectivity index (χ4n) is 5.40. The van der Waals surface area contributed by atoms with Gasteiger partial charge in [-0.15, -0.1) is 0 Å². The normalized spacial score (nSPS) is 30.4. The molecule has 0 aliphatic carbocycles. The molecule has 3 saturated heterocycles. The Labute approximate surface area is 164 Å². The minimum Gasteiger partial charge on any atom is -0.465 e. The van der Waals surface area contributed by atoms with E-state index in [-0.39, 0.29) is 5.54 Å². The number of rotatable bonds is 4. The molecule has 0 N–H and O–H groups in total. The van der Waals surface area contributed by atoms with Crippen LogP contribution in [0.5, 0.6) is 0 Å². The maximum absolute atomic E-state index is 13.5. The summed E-state index contributed by atoms with van der Waals surface area (Å²) in [6, 6.07) is 12.0. The van der Waals surface area contributed by atoms with Crippen LogP contribution in [0.4, 0.5) is 0 Å². The topological polar surface area (TPSA) is 36.7 Å². The van der Waals surface area contributed by atoms with E-state index in [4.69, 9.17) is 16.0 Å². The largest absolute Gasteiger partial charge is 0.465 e. The summed E-state index contributed by atoms with van der Waals surface area (Å²) in [5.74, 6) is 1.58. The molecule has 1 amide bonds. The molecule has 1 aromatic heterocycles. The van der Waals surface area contributed by atoms with Crippen molar-refractivity contribution >= 4 is 23.6 Å². The summed E-state index contributed by atoms with van der Waals surface area (Å²) in [5.41, 5.74) is 0.808. The molecule has 1 aromatic carbocycles. The van der Waals surface area contributed by atoms with Gasteiger partial charge >= 0.3 is 0 Å². The summed E-state index contributed by atoms with van der Waals surface area (Å²) < 4.78 is 5.42. The lowest BCUT2D eigenvalue weighted by molar-refractivity contribution is -0.137. The Morgan fingerprint density at radius 1 is 1.30 bits per heavy atom. The number of amides is 1. The Bertz CT molecular complexity index is 878. The highest BCUT2D eigenvalue weighted by Gasteiger charge is 2.64. The Balaban J connectivity index is 1.36. The van der Waals surface area contributed by atoms with Gasteiger partial charge in [0.15, 0.2) is 0 Å². The number of hydrogen-bond acceptors (Lipinski definition) is 3. The fraction of sp³-hybridized carbons (Fsp3) is 0.409. The molecule has 27 heavy (non-hydrogen) atoms. The molecule has 3 aliphatic rings. The summed E-state index contributed by atoms with van der Waals surface area (Å²) in [5, 5.41) is 0.725. The van der Waals surface area contributed by atoms with E-state index in [0.717, 1.165) is 48.7 Å². The van der Waals surface area contributed by atoms with Crippen molar-refractivity contribution in [3.8, 4) is 0 Å². The van der Waals surface area contributed by atoms with Gasteiger partial charge < -0.3 is 9.32 Å². The zero-order valence-corrected chi connectivity index (χ0v) is 15.9. The van der Waals surface area contributed by atoms with E-state index in [2.05, 4.69) is 11.0 Å². The van der Waals surface area contributed by atoms with E-state index < -0.39 is 0 Å². The van der Waals surface area contributed by atoms with Gasteiger partial charge in [-0.2, -0.15) is 0 Å². The maximum Gasteiger partial charge on any atom is 0.243 e. The molecular formula is C22H23ClN2O2. The number of hydrogen-bond donors (Lipinski definition) is 0. The number of furan rings is 1. The molecule has 2 aromatic rings. The van der Waals surface area contributed by atoms with Gasteiger partial charge in [0.1, 0.15) is 11.3 Å². The van der Waals surface area contributed by atoms with Gasteiger partial charge in [-0.1, -0.05) is 29.8 Å². The molecule has 140 valence electrons. The quantitative estimate of drug-likeness (QED) is 0.794. The van der Waals surface area contributed by atoms with Crippen molar-refractivity contribution in [1.29, 1.82) is 0 Å². The van der Waals surface area contributed by atoms with E-state index in [1.54, 1.807) is 6.26 Å². The van der Waals surface area contributed by atoms with Crippen molar-refractivity contribution < 1.29 is 9.21 Å². The Morgan fingerprint density at radius 3 is 3.04 bits per heavy atom. The molecule has 0 unspecified atom stereocenters. The first kappa shape index (κ1) is 17.1. The molecule has 3 aliphatic heterocycles. The third kappa shape index (κ3) is 2.74. The molecule has 5 heteroatoms. The van der Waals surface area contributed by atoms with Gasteiger partial charge in [-0.3, -0.25) is 9.69 Å². The summed E-state index contributed by atoms with van der Waals surface area (Å²) >= 11 is 6.12. The molecule has 4 nitrogen and oxygen atoms in total. The molecular weight excluding hydrogens is 360 g/mol. The predicted molar refractivity (Wildman–Crippen MR) is 105 cm³/mol. The van der Waals surface area contributed by atoms with E-state index in [0.29, 0.717) is 24.4 Å². The van der Waals surface area contributed by atoms with Gasteiger partial charge in [0.25, 0.3) is 0 Å². The minimum atomic E-state index is -0.295. The summed E-state index contributed by atoms with van der Waals surface area (Å²) in [7, 11) is 0. The van der Waals surface area contributed by atoms with Crippen LogP contribution in [0.25, 0.3) is 6.08 Å². The van der Waals surface area contributed by atoms with E-state index in [1.807, 2.05) is 47.4 Å². The van der Waals surface area contributed by atoms with Crippen molar-refractivity contribution in [1.82, 2.24) is 9.80 Å². The molecule has 4 heterocycles. The second-order valence-corrected chi connectivity index (χ2v) is 8.35. The molecule has 3 fully saturated rings. The highest BCUT2D eigenvalue weighted by molar-refractivity contribution is 6.30. The van der Waals surface area contributed by atoms with Gasteiger partial charge in [-0.25, -0.2) is 0 Å². The summed E-state index contributed by atoms with van der Waals surface area (Å²) in [6.07, 6.45) is 9.07. The maximum atomic E-state index is 13.5. The second-order valence-electron chi connectivity index (χ2n) is 7.91. The van der Waals surface area contributed by atoms with Gasteiger partial charge in [0.05, 0.1) is 6.26 Å². The lowest BCUT2D eigenvalue weighted by atomic mass is 9.85. The first-order valence-electron chi connectivity index (χ1n) is 9.69. The number of benzene rings is 1. The standard InChI is InChI=1S/C22H23ClN2O2/c23-18-5-1-4-16(12-18)14-24-15-17-13-19(7-8-20-6-2-11-27-20)25-10-3-9-22(17,25)21(24)26/h1-2,4-8,11-12,17,19H,3,9-10,13-15H2/t17-,19+,22-/m0/s1.